The molecular formula is C18H26N4O3S. The Hall–Kier alpha value is -1.93. The van der Waals surface area contributed by atoms with Gasteiger partial charge >= 0.3 is 0 Å². The third-order valence-electron chi connectivity index (χ3n) is 4.92. The van der Waals surface area contributed by atoms with Gasteiger partial charge in [-0.05, 0) is 38.3 Å². The largest absolute Gasteiger partial charge is 0.310 e. The summed E-state index contributed by atoms with van der Waals surface area (Å²) in [6.45, 7) is 5.32. The second-order valence-electron chi connectivity index (χ2n) is 6.64. The van der Waals surface area contributed by atoms with Gasteiger partial charge in [-0.1, -0.05) is 19.1 Å². The van der Waals surface area contributed by atoms with Gasteiger partial charge in [0.2, 0.25) is 21.9 Å². The highest BCUT2D eigenvalue weighted by molar-refractivity contribution is 7.89. The summed E-state index contributed by atoms with van der Waals surface area (Å²) >= 11 is 0. The van der Waals surface area contributed by atoms with Crippen LogP contribution in [0.1, 0.15) is 33.1 Å². The molecule has 142 valence electrons. The van der Waals surface area contributed by atoms with Crippen LogP contribution in [0.5, 0.6) is 0 Å². The molecule has 1 saturated heterocycles. The van der Waals surface area contributed by atoms with E-state index in [4.69, 9.17) is 0 Å². The second-order valence-corrected chi connectivity index (χ2v) is 8.90. The average molecular weight is 378 g/mol. The fourth-order valence-electron chi connectivity index (χ4n) is 3.41. The molecule has 0 aliphatic carbocycles. The van der Waals surface area contributed by atoms with Crippen LogP contribution in [0.2, 0.25) is 0 Å². The third kappa shape index (κ3) is 3.76. The summed E-state index contributed by atoms with van der Waals surface area (Å²) < 4.78 is 27.4. The van der Waals surface area contributed by atoms with Crippen LogP contribution >= 0.6 is 0 Å². The van der Waals surface area contributed by atoms with Gasteiger partial charge in [-0.15, -0.1) is 0 Å². The Labute approximate surface area is 154 Å². The van der Waals surface area contributed by atoms with Crippen LogP contribution in [0.15, 0.2) is 24.3 Å². The van der Waals surface area contributed by atoms with Crippen molar-refractivity contribution < 1.29 is 13.2 Å². The number of amides is 1. The van der Waals surface area contributed by atoms with Gasteiger partial charge in [0.15, 0.2) is 0 Å². The van der Waals surface area contributed by atoms with Crippen LogP contribution in [0, 0.1) is 5.92 Å². The minimum atomic E-state index is -3.18. The molecule has 2 aromatic rings. The SMILES string of the molecule is CCCn1c(NC(=O)C2CCN(S(=O)(=O)CC)CC2)nc2ccccc21. The first-order chi connectivity index (χ1) is 12.5. The molecule has 0 unspecified atom stereocenters. The number of piperidine rings is 1. The van der Waals surface area contributed by atoms with E-state index >= 15 is 0 Å². The Bertz CT molecular complexity index is 883. The number of benzene rings is 1. The summed E-state index contributed by atoms with van der Waals surface area (Å²) in [6.07, 6.45) is 2.02. The molecule has 0 saturated carbocycles. The van der Waals surface area contributed by atoms with E-state index in [1.165, 1.54) is 4.31 Å². The van der Waals surface area contributed by atoms with Crippen molar-refractivity contribution >= 4 is 32.9 Å². The van der Waals surface area contributed by atoms with E-state index in [9.17, 15) is 13.2 Å². The summed E-state index contributed by atoms with van der Waals surface area (Å²) in [5.41, 5.74) is 1.87. The van der Waals surface area contributed by atoms with Crippen molar-refractivity contribution in [2.75, 3.05) is 24.2 Å². The van der Waals surface area contributed by atoms with E-state index in [1.807, 2.05) is 28.8 Å². The molecule has 8 heteroatoms. The quantitative estimate of drug-likeness (QED) is 0.837. The number of nitrogens with one attached hydrogen (secondary N) is 1. The number of hydrogen-bond donors (Lipinski definition) is 1. The lowest BCUT2D eigenvalue weighted by Gasteiger charge is -2.30. The predicted molar refractivity (Wildman–Crippen MR) is 102 cm³/mol. The van der Waals surface area contributed by atoms with Gasteiger partial charge in [-0.3, -0.25) is 10.1 Å². The molecule has 0 spiro atoms. The zero-order valence-electron chi connectivity index (χ0n) is 15.3. The van der Waals surface area contributed by atoms with E-state index in [0.717, 1.165) is 24.0 Å². The fraction of sp³-hybridized carbons (Fsp3) is 0.556. The number of rotatable bonds is 6. The standard InChI is InChI=1S/C18H26N4O3S/c1-3-11-22-16-8-6-5-7-15(16)19-18(22)20-17(23)14-9-12-21(13-10-14)26(24,25)4-2/h5-8,14H,3-4,9-13H2,1-2H3,(H,19,20,23). The number of nitrogens with zero attached hydrogens (tertiary/aromatic N) is 3. The average Bonchev–Trinajstić information content (AvgIpc) is 2.99. The number of imidazole rings is 1. The summed E-state index contributed by atoms with van der Waals surface area (Å²) in [4.78, 5) is 17.3. The lowest BCUT2D eigenvalue weighted by atomic mass is 9.97. The fourth-order valence-corrected chi connectivity index (χ4v) is 4.54. The molecule has 0 radical (unpaired) electrons. The molecule has 1 aromatic carbocycles. The number of anilines is 1. The van der Waals surface area contributed by atoms with Gasteiger partial charge in [0, 0.05) is 25.6 Å². The first-order valence-corrected chi connectivity index (χ1v) is 10.8. The van der Waals surface area contributed by atoms with Crippen molar-refractivity contribution in [2.45, 2.75) is 39.7 Å². The third-order valence-corrected chi connectivity index (χ3v) is 6.80. The number of carbonyl (C=O) groups excluding carboxylic acids is 1. The van der Waals surface area contributed by atoms with Crippen LogP contribution in [0.4, 0.5) is 5.95 Å². The molecule has 7 nitrogen and oxygen atoms in total. The Kier molecular flexibility index (Phi) is 5.62. The van der Waals surface area contributed by atoms with E-state index in [2.05, 4.69) is 17.2 Å². The Balaban J connectivity index is 1.71. The monoisotopic (exact) mass is 378 g/mol. The van der Waals surface area contributed by atoms with E-state index in [-0.39, 0.29) is 17.6 Å². The van der Waals surface area contributed by atoms with Gasteiger partial charge in [0.05, 0.1) is 16.8 Å². The number of aryl methyl sites for hydroxylation is 1. The predicted octanol–water partition coefficient (Wildman–Crippen LogP) is 2.45. The van der Waals surface area contributed by atoms with Crippen LogP contribution in [0.3, 0.4) is 0 Å². The summed E-state index contributed by atoms with van der Waals surface area (Å²) in [5, 5.41) is 2.97. The number of sulfonamides is 1. The maximum atomic E-state index is 12.7. The molecule has 1 aliphatic heterocycles. The normalized spacial score (nSPS) is 16.8. The number of para-hydroxylation sites is 2. The summed E-state index contributed by atoms with van der Waals surface area (Å²) in [7, 11) is -3.18. The first-order valence-electron chi connectivity index (χ1n) is 9.20. The van der Waals surface area contributed by atoms with E-state index < -0.39 is 10.0 Å². The highest BCUT2D eigenvalue weighted by Gasteiger charge is 2.30. The molecule has 1 aromatic heterocycles. The number of fused-ring (bicyclic) bond motifs is 1. The molecular weight excluding hydrogens is 352 g/mol. The highest BCUT2D eigenvalue weighted by Crippen LogP contribution is 2.24. The van der Waals surface area contributed by atoms with Gasteiger partial charge in [0.25, 0.3) is 0 Å². The van der Waals surface area contributed by atoms with Crippen molar-refractivity contribution in [3.63, 3.8) is 0 Å². The van der Waals surface area contributed by atoms with Crippen molar-refractivity contribution in [2.24, 2.45) is 5.92 Å². The number of aromatic nitrogens is 2. The highest BCUT2D eigenvalue weighted by atomic mass is 32.2. The number of carbonyl (C=O) groups is 1. The molecule has 1 N–H and O–H groups in total. The molecule has 3 rings (SSSR count). The Morgan fingerprint density at radius 1 is 1.23 bits per heavy atom. The van der Waals surface area contributed by atoms with Crippen LogP contribution in [-0.2, 0) is 21.4 Å². The first kappa shape index (κ1) is 18.8. The zero-order valence-corrected chi connectivity index (χ0v) is 16.1. The molecule has 0 atom stereocenters. The molecule has 26 heavy (non-hydrogen) atoms. The lowest BCUT2D eigenvalue weighted by molar-refractivity contribution is -0.121. The van der Waals surface area contributed by atoms with Crippen molar-refractivity contribution in [1.29, 1.82) is 0 Å². The van der Waals surface area contributed by atoms with E-state index in [1.54, 1.807) is 6.92 Å². The van der Waals surface area contributed by atoms with Crippen LogP contribution in [0.25, 0.3) is 11.0 Å². The molecule has 1 aliphatic rings. The van der Waals surface area contributed by atoms with E-state index in [0.29, 0.717) is 31.9 Å². The van der Waals surface area contributed by atoms with Crippen molar-refractivity contribution in [1.82, 2.24) is 13.9 Å². The van der Waals surface area contributed by atoms with Gasteiger partial charge in [0.1, 0.15) is 0 Å². The zero-order chi connectivity index (χ0) is 18.7. The maximum Gasteiger partial charge on any atom is 0.229 e. The van der Waals surface area contributed by atoms with Crippen LogP contribution < -0.4 is 5.32 Å². The minimum absolute atomic E-state index is 0.0776. The summed E-state index contributed by atoms with van der Waals surface area (Å²) in [6, 6.07) is 7.83. The van der Waals surface area contributed by atoms with Crippen LogP contribution in [-0.4, -0.2) is 47.0 Å². The Morgan fingerprint density at radius 3 is 2.58 bits per heavy atom. The molecule has 0 bridgehead atoms. The van der Waals surface area contributed by atoms with Crippen molar-refractivity contribution in [3.8, 4) is 0 Å². The topological polar surface area (TPSA) is 84.3 Å². The molecule has 1 fully saturated rings. The van der Waals surface area contributed by atoms with Crippen molar-refractivity contribution in [3.05, 3.63) is 24.3 Å². The minimum Gasteiger partial charge on any atom is -0.310 e. The Morgan fingerprint density at radius 2 is 1.92 bits per heavy atom. The number of hydrogen-bond acceptors (Lipinski definition) is 4. The van der Waals surface area contributed by atoms with Gasteiger partial charge < -0.3 is 4.57 Å². The molecule has 1 amide bonds. The maximum absolute atomic E-state index is 12.7. The molecule has 2 heterocycles. The van der Waals surface area contributed by atoms with Gasteiger partial charge in [-0.25, -0.2) is 17.7 Å². The lowest BCUT2D eigenvalue weighted by Crippen LogP contribution is -2.42. The summed E-state index contributed by atoms with van der Waals surface area (Å²) in [5.74, 6) is 0.409. The smallest absolute Gasteiger partial charge is 0.229 e. The second kappa shape index (κ2) is 7.75. The van der Waals surface area contributed by atoms with Gasteiger partial charge in [-0.2, -0.15) is 0 Å².